The van der Waals surface area contributed by atoms with Crippen LogP contribution >= 0.6 is 23.2 Å². The van der Waals surface area contributed by atoms with Crippen LogP contribution in [0.1, 0.15) is 30.3 Å². The summed E-state index contributed by atoms with van der Waals surface area (Å²) in [5.74, 6) is 0.761. The van der Waals surface area contributed by atoms with Crippen molar-refractivity contribution in [3.8, 4) is 0 Å². The van der Waals surface area contributed by atoms with Crippen molar-refractivity contribution in [3.05, 3.63) is 57.6 Å². The van der Waals surface area contributed by atoms with Gasteiger partial charge in [-0.25, -0.2) is 9.97 Å². The van der Waals surface area contributed by atoms with Crippen molar-refractivity contribution in [2.75, 3.05) is 0 Å². The van der Waals surface area contributed by atoms with Gasteiger partial charge in [0.05, 0.1) is 10.0 Å². The molecule has 2 rings (SSSR count). The summed E-state index contributed by atoms with van der Waals surface area (Å²) in [6, 6.07) is 5.72. The van der Waals surface area contributed by atoms with E-state index in [9.17, 15) is 0 Å². The molecule has 0 bridgehead atoms. The highest BCUT2D eigenvalue weighted by atomic mass is 35.5. The van der Waals surface area contributed by atoms with Crippen LogP contribution in [0.4, 0.5) is 0 Å². The van der Waals surface area contributed by atoms with Gasteiger partial charge >= 0.3 is 0 Å². The fraction of sp³-hybridized carbons (Fsp3) is 0.333. The monoisotopic (exact) mass is 309 g/mol. The summed E-state index contributed by atoms with van der Waals surface area (Å²) < 4.78 is 0. The molecule has 106 valence electrons. The SMILES string of the molecule is CCC(N)Cc1cnc(Cc2ccc(Cl)c(Cl)c2)nc1. The number of nitrogens with zero attached hydrogens (tertiary/aromatic N) is 2. The number of halogens is 2. The van der Waals surface area contributed by atoms with Gasteiger partial charge in [-0.3, -0.25) is 0 Å². The summed E-state index contributed by atoms with van der Waals surface area (Å²) in [4.78, 5) is 8.74. The molecule has 5 heteroatoms. The Hall–Kier alpha value is -1.16. The van der Waals surface area contributed by atoms with Crippen LogP contribution in [0.2, 0.25) is 10.0 Å². The Morgan fingerprint density at radius 3 is 2.40 bits per heavy atom. The number of hydrogen-bond donors (Lipinski definition) is 1. The van der Waals surface area contributed by atoms with Crippen molar-refractivity contribution in [2.24, 2.45) is 5.73 Å². The highest BCUT2D eigenvalue weighted by Gasteiger charge is 2.05. The first-order valence-electron chi connectivity index (χ1n) is 6.57. The average Bonchev–Trinajstić information content (AvgIpc) is 2.45. The van der Waals surface area contributed by atoms with E-state index in [0.717, 1.165) is 29.8 Å². The Morgan fingerprint density at radius 2 is 1.80 bits per heavy atom. The van der Waals surface area contributed by atoms with Crippen molar-refractivity contribution in [1.82, 2.24) is 9.97 Å². The highest BCUT2D eigenvalue weighted by molar-refractivity contribution is 6.42. The van der Waals surface area contributed by atoms with Crippen LogP contribution in [-0.2, 0) is 12.8 Å². The Balaban J connectivity index is 2.04. The van der Waals surface area contributed by atoms with Gasteiger partial charge in [0, 0.05) is 24.9 Å². The third-order valence-electron chi connectivity index (χ3n) is 3.13. The number of benzene rings is 1. The maximum atomic E-state index is 5.99. The summed E-state index contributed by atoms with van der Waals surface area (Å²) in [6.45, 7) is 2.07. The molecule has 1 aromatic heterocycles. The molecule has 1 aromatic carbocycles. The van der Waals surface area contributed by atoms with Crippen LogP contribution < -0.4 is 5.73 Å². The van der Waals surface area contributed by atoms with E-state index in [2.05, 4.69) is 16.9 Å². The molecule has 0 aliphatic rings. The largest absolute Gasteiger partial charge is 0.327 e. The molecule has 1 heterocycles. The Bertz CT molecular complexity index is 570. The number of hydrogen-bond acceptors (Lipinski definition) is 3. The van der Waals surface area contributed by atoms with Crippen molar-refractivity contribution < 1.29 is 0 Å². The number of nitrogens with two attached hydrogens (primary N) is 1. The van der Waals surface area contributed by atoms with Gasteiger partial charge in [0.15, 0.2) is 0 Å². The molecule has 0 amide bonds. The Morgan fingerprint density at radius 1 is 1.10 bits per heavy atom. The Labute approximate surface area is 129 Å². The van der Waals surface area contributed by atoms with Gasteiger partial charge in [-0.05, 0) is 36.1 Å². The van der Waals surface area contributed by atoms with Gasteiger partial charge < -0.3 is 5.73 Å². The number of rotatable bonds is 5. The van der Waals surface area contributed by atoms with Crippen LogP contribution in [0.3, 0.4) is 0 Å². The maximum absolute atomic E-state index is 5.99. The van der Waals surface area contributed by atoms with Crippen molar-refractivity contribution in [3.63, 3.8) is 0 Å². The van der Waals surface area contributed by atoms with Gasteiger partial charge in [-0.1, -0.05) is 36.2 Å². The molecule has 0 fully saturated rings. The maximum Gasteiger partial charge on any atom is 0.132 e. The first kappa shape index (κ1) is 15.2. The van der Waals surface area contributed by atoms with E-state index >= 15 is 0 Å². The van der Waals surface area contributed by atoms with E-state index in [1.165, 1.54) is 0 Å². The smallest absolute Gasteiger partial charge is 0.132 e. The zero-order valence-corrected chi connectivity index (χ0v) is 12.8. The molecule has 0 radical (unpaired) electrons. The lowest BCUT2D eigenvalue weighted by atomic mass is 10.1. The summed E-state index contributed by atoms with van der Waals surface area (Å²) >= 11 is 11.9. The van der Waals surface area contributed by atoms with E-state index in [0.29, 0.717) is 16.5 Å². The third-order valence-corrected chi connectivity index (χ3v) is 3.87. The summed E-state index contributed by atoms with van der Waals surface area (Å²) in [5.41, 5.74) is 8.02. The van der Waals surface area contributed by atoms with Gasteiger partial charge in [0.25, 0.3) is 0 Å². The summed E-state index contributed by atoms with van der Waals surface area (Å²) in [7, 11) is 0. The molecule has 0 saturated heterocycles. The lowest BCUT2D eigenvalue weighted by Gasteiger charge is -2.08. The first-order valence-corrected chi connectivity index (χ1v) is 7.33. The fourth-order valence-electron chi connectivity index (χ4n) is 1.86. The van der Waals surface area contributed by atoms with E-state index in [4.69, 9.17) is 28.9 Å². The van der Waals surface area contributed by atoms with Crippen molar-refractivity contribution in [1.29, 1.82) is 0 Å². The van der Waals surface area contributed by atoms with Crippen LogP contribution in [0, 0.1) is 0 Å². The second kappa shape index (κ2) is 7.02. The molecule has 20 heavy (non-hydrogen) atoms. The van der Waals surface area contributed by atoms with Crippen LogP contribution in [-0.4, -0.2) is 16.0 Å². The molecule has 0 aliphatic heterocycles. The normalized spacial score (nSPS) is 12.4. The van der Waals surface area contributed by atoms with Gasteiger partial charge in [0.2, 0.25) is 0 Å². The molecule has 1 atom stereocenters. The minimum Gasteiger partial charge on any atom is -0.327 e. The topological polar surface area (TPSA) is 51.8 Å². The molecule has 2 N–H and O–H groups in total. The molecule has 2 aromatic rings. The third kappa shape index (κ3) is 4.17. The second-order valence-electron chi connectivity index (χ2n) is 4.81. The second-order valence-corrected chi connectivity index (χ2v) is 5.62. The van der Waals surface area contributed by atoms with Crippen LogP contribution in [0.25, 0.3) is 0 Å². The van der Waals surface area contributed by atoms with Crippen molar-refractivity contribution in [2.45, 2.75) is 32.2 Å². The van der Waals surface area contributed by atoms with E-state index in [1.807, 2.05) is 24.5 Å². The quantitative estimate of drug-likeness (QED) is 0.917. The van der Waals surface area contributed by atoms with Gasteiger partial charge in [-0.2, -0.15) is 0 Å². The highest BCUT2D eigenvalue weighted by Crippen LogP contribution is 2.23. The zero-order chi connectivity index (χ0) is 14.5. The number of aromatic nitrogens is 2. The minimum atomic E-state index is 0.166. The average molecular weight is 310 g/mol. The fourth-order valence-corrected chi connectivity index (χ4v) is 2.18. The molecule has 1 unspecified atom stereocenters. The zero-order valence-electron chi connectivity index (χ0n) is 11.3. The minimum absolute atomic E-state index is 0.166. The molecular weight excluding hydrogens is 293 g/mol. The Kier molecular flexibility index (Phi) is 5.35. The first-order chi connectivity index (χ1) is 9.58. The lowest BCUT2D eigenvalue weighted by Crippen LogP contribution is -2.21. The molecule has 0 spiro atoms. The predicted molar refractivity (Wildman–Crippen MR) is 83.3 cm³/mol. The molecule has 0 aliphatic carbocycles. The van der Waals surface area contributed by atoms with Gasteiger partial charge in [-0.15, -0.1) is 0 Å². The summed E-state index contributed by atoms with van der Waals surface area (Å²) in [5, 5.41) is 1.11. The van der Waals surface area contributed by atoms with E-state index in [1.54, 1.807) is 6.07 Å². The van der Waals surface area contributed by atoms with Gasteiger partial charge in [0.1, 0.15) is 5.82 Å². The molecule has 0 saturated carbocycles. The molecule has 3 nitrogen and oxygen atoms in total. The van der Waals surface area contributed by atoms with Crippen molar-refractivity contribution >= 4 is 23.2 Å². The summed E-state index contributed by atoms with van der Waals surface area (Å²) in [6.07, 6.45) is 6.08. The lowest BCUT2D eigenvalue weighted by molar-refractivity contribution is 0.642. The standard InChI is InChI=1S/C15H17Cl2N3/c1-2-12(18)5-11-8-19-15(20-9-11)7-10-3-4-13(16)14(17)6-10/h3-4,6,8-9,12H,2,5,7,18H2,1H3. The van der Waals surface area contributed by atoms with Crippen LogP contribution in [0.15, 0.2) is 30.6 Å². The predicted octanol–water partition coefficient (Wildman–Crippen LogP) is 3.65. The molecular formula is C15H17Cl2N3. The van der Waals surface area contributed by atoms with Crippen LogP contribution in [0.5, 0.6) is 0 Å². The van der Waals surface area contributed by atoms with E-state index in [-0.39, 0.29) is 6.04 Å². The van der Waals surface area contributed by atoms with E-state index < -0.39 is 0 Å².